The van der Waals surface area contributed by atoms with Gasteiger partial charge < -0.3 is 5.32 Å². The van der Waals surface area contributed by atoms with Crippen LogP contribution in [-0.2, 0) is 11.3 Å². The van der Waals surface area contributed by atoms with Gasteiger partial charge in [-0.1, -0.05) is 43.4 Å². The van der Waals surface area contributed by atoms with Crippen LogP contribution in [0.5, 0.6) is 0 Å². The van der Waals surface area contributed by atoms with Gasteiger partial charge in [0.2, 0.25) is 5.91 Å². The van der Waals surface area contributed by atoms with E-state index in [2.05, 4.69) is 25.0 Å². The third kappa shape index (κ3) is 6.67. The maximum absolute atomic E-state index is 11.0. The summed E-state index contributed by atoms with van der Waals surface area (Å²) in [6.45, 7) is 8.86. The minimum Gasteiger partial charge on any atom is -0.352 e. The average Bonchev–Trinajstić information content (AvgIpc) is 2.37. The van der Waals surface area contributed by atoms with E-state index in [1.807, 2.05) is 24.5 Å². The van der Waals surface area contributed by atoms with E-state index >= 15 is 0 Å². The summed E-state index contributed by atoms with van der Waals surface area (Å²) in [5.74, 6) is -0.0587. The summed E-state index contributed by atoms with van der Waals surface area (Å²) in [7, 11) is -1.20. The predicted octanol–water partition coefficient (Wildman–Crippen LogP) is 3.96. The number of rotatable bonds is 5. The number of nitrogens with zero attached hydrogens (tertiary/aromatic N) is 1. The molecule has 116 valence electrons. The van der Waals surface area contributed by atoms with Crippen molar-refractivity contribution in [1.82, 2.24) is 5.32 Å². The molecule has 1 N–H and O–H groups in total. The molecule has 0 aliphatic carbocycles. The first-order valence-electron chi connectivity index (χ1n) is 6.84. The summed E-state index contributed by atoms with van der Waals surface area (Å²) in [6, 6.07) is 5.90. The van der Waals surface area contributed by atoms with Gasteiger partial charge in [-0.2, -0.15) is 0 Å². The second kappa shape index (κ2) is 8.01. The lowest BCUT2D eigenvalue weighted by Gasteiger charge is -2.14. The van der Waals surface area contributed by atoms with Gasteiger partial charge in [-0.05, 0) is 17.9 Å². The number of halogens is 1. The molecule has 0 aliphatic heterocycles. The topological polar surface area (TPSA) is 41.5 Å². The zero-order valence-corrected chi connectivity index (χ0v) is 15.9. The average molecular weight is 343 g/mol. The van der Waals surface area contributed by atoms with Gasteiger partial charge in [0.15, 0.2) is 0 Å². The number of thioether (sulfide) groups is 1. The molecule has 3 nitrogen and oxygen atoms in total. The van der Waals surface area contributed by atoms with E-state index < -0.39 is 8.07 Å². The molecule has 0 radical (unpaired) electrons. The SMILES string of the molecule is CSC(=NC[Si](C)(C)C)c1ccc(CNC(C)=O)c(Cl)c1. The zero-order valence-electron chi connectivity index (χ0n) is 13.3. The largest absolute Gasteiger partial charge is 0.352 e. The van der Waals surface area contributed by atoms with Crippen LogP contribution < -0.4 is 5.32 Å². The summed E-state index contributed by atoms with van der Waals surface area (Å²) >= 11 is 7.94. The molecular weight excluding hydrogens is 320 g/mol. The lowest BCUT2D eigenvalue weighted by atomic mass is 10.1. The highest BCUT2D eigenvalue weighted by molar-refractivity contribution is 8.13. The van der Waals surface area contributed by atoms with E-state index in [1.54, 1.807) is 11.8 Å². The summed E-state index contributed by atoms with van der Waals surface area (Å²) in [4.78, 5) is 15.7. The molecule has 1 amide bonds. The highest BCUT2D eigenvalue weighted by Crippen LogP contribution is 2.21. The predicted molar refractivity (Wildman–Crippen MR) is 97.2 cm³/mol. The van der Waals surface area contributed by atoms with Crippen LogP contribution in [0.1, 0.15) is 18.1 Å². The van der Waals surface area contributed by atoms with Crippen molar-refractivity contribution in [2.45, 2.75) is 33.1 Å². The van der Waals surface area contributed by atoms with Crippen LogP contribution >= 0.6 is 23.4 Å². The Kier molecular flexibility index (Phi) is 6.97. The first-order chi connectivity index (χ1) is 9.73. The molecule has 1 aromatic rings. The van der Waals surface area contributed by atoms with Gasteiger partial charge >= 0.3 is 0 Å². The van der Waals surface area contributed by atoms with Crippen LogP contribution in [0.2, 0.25) is 24.7 Å². The van der Waals surface area contributed by atoms with E-state index in [0.717, 1.165) is 22.3 Å². The molecule has 0 bridgehead atoms. The molecular formula is C15H23ClN2OSSi. The van der Waals surface area contributed by atoms with Gasteiger partial charge in [-0.25, -0.2) is 0 Å². The van der Waals surface area contributed by atoms with E-state index in [-0.39, 0.29) is 5.91 Å². The molecule has 0 atom stereocenters. The lowest BCUT2D eigenvalue weighted by molar-refractivity contribution is -0.119. The van der Waals surface area contributed by atoms with Crippen molar-refractivity contribution in [3.8, 4) is 0 Å². The molecule has 0 saturated carbocycles. The first-order valence-corrected chi connectivity index (χ1v) is 12.2. The first kappa shape index (κ1) is 18.3. The van der Waals surface area contributed by atoms with Gasteiger partial charge in [0.25, 0.3) is 0 Å². The second-order valence-corrected chi connectivity index (χ2v) is 12.7. The summed E-state index contributed by atoms with van der Waals surface area (Å²) in [5, 5.41) is 4.44. The molecule has 0 aromatic heterocycles. The Hall–Kier alpha value is -0.783. The summed E-state index contributed by atoms with van der Waals surface area (Å²) in [6.07, 6.45) is 2.94. The van der Waals surface area contributed by atoms with Gasteiger partial charge in [0, 0.05) is 30.2 Å². The van der Waals surface area contributed by atoms with E-state index in [9.17, 15) is 4.79 Å². The molecule has 0 aliphatic rings. The zero-order chi connectivity index (χ0) is 16.0. The maximum atomic E-state index is 11.0. The van der Waals surface area contributed by atoms with Crippen molar-refractivity contribution in [1.29, 1.82) is 0 Å². The molecule has 21 heavy (non-hydrogen) atoms. The Bertz CT molecular complexity index is 541. The fourth-order valence-electron chi connectivity index (χ4n) is 1.63. The van der Waals surface area contributed by atoms with Crippen LogP contribution in [0.25, 0.3) is 0 Å². The van der Waals surface area contributed by atoms with Crippen LogP contribution in [0.15, 0.2) is 23.2 Å². The lowest BCUT2D eigenvalue weighted by Crippen LogP contribution is -2.25. The molecule has 0 spiro atoms. The molecule has 0 saturated heterocycles. The van der Waals surface area contributed by atoms with Crippen LogP contribution in [0, 0.1) is 0 Å². The number of carbonyl (C=O) groups is 1. The van der Waals surface area contributed by atoms with Crippen molar-refractivity contribution in [3.05, 3.63) is 34.3 Å². The second-order valence-electron chi connectivity index (χ2n) is 6.10. The smallest absolute Gasteiger partial charge is 0.217 e. The number of hydrogen-bond donors (Lipinski definition) is 1. The third-order valence-electron chi connectivity index (χ3n) is 2.72. The van der Waals surface area contributed by atoms with Crippen molar-refractivity contribution >= 4 is 42.4 Å². The summed E-state index contributed by atoms with van der Waals surface area (Å²) in [5.41, 5.74) is 1.96. The number of aliphatic imine (C=N–C) groups is 1. The highest BCUT2D eigenvalue weighted by Gasteiger charge is 2.13. The Labute approximate surface area is 137 Å². The Morgan fingerprint density at radius 3 is 2.52 bits per heavy atom. The quantitative estimate of drug-likeness (QED) is 0.500. The van der Waals surface area contributed by atoms with Crippen molar-refractivity contribution in [2.75, 3.05) is 12.4 Å². The van der Waals surface area contributed by atoms with Gasteiger partial charge in [-0.15, -0.1) is 11.8 Å². The van der Waals surface area contributed by atoms with Crippen molar-refractivity contribution in [3.63, 3.8) is 0 Å². The Morgan fingerprint density at radius 1 is 1.38 bits per heavy atom. The fraction of sp³-hybridized carbons (Fsp3) is 0.467. The van der Waals surface area contributed by atoms with Gasteiger partial charge in [0.1, 0.15) is 0 Å². The Morgan fingerprint density at radius 2 is 2.05 bits per heavy atom. The molecule has 1 rings (SSSR count). The standard InChI is InChI=1S/C15H23ClN2OSSi/c1-11(19)17-9-13-7-6-12(8-14(13)16)15(20-2)18-10-21(3,4)5/h6-8H,9-10H2,1-5H3,(H,17,19). The molecule has 0 fully saturated rings. The van der Waals surface area contributed by atoms with Crippen LogP contribution in [-0.4, -0.2) is 31.4 Å². The number of carbonyl (C=O) groups excluding carboxylic acids is 1. The molecule has 1 aromatic carbocycles. The normalized spacial score (nSPS) is 12.4. The molecule has 6 heteroatoms. The number of hydrogen-bond acceptors (Lipinski definition) is 3. The monoisotopic (exact) mass is 342 g/mol. The minimum atomic E-state index is -1.20. The van der Waals surface area contributed by atoms with E-state index in [1.165, 1.54) is 6.92 Å². The van der Waals surface area contributed by atoms with Gasteiger partial charge in [0.05, 0.1) is 13.1 Å². The number of amides is 1. The van der Waals surface area contributed by atoms with Crippen molar-refractivity contribution < 1.29 is 4.79 Å². The van der Waals surface area contributed by atoms with Gasteiger partial charge in [-0.3, -0.25) is 9.79 Å². The number of benzene rings is 1. The van der Waals surface area contributed by atoms with Crippen LogP contribution in [0.4, 0.5) is 0 Å². The molecule has 0 unspecified atom stereocenters. The van der Waals surface area contributed by atoms with E-state index in [0.29, 0.717) is 11.6 Å². The Balaban J connectivity index is 2.92. The molecule has 0 heterocycles. The van der Waals surface area contributed by atoms with Crippen molar-refractivity contribution in [2.24, 2.45) is 4.99 Å². The highest BCUT2D eigenvalue weighted by atomic mass is 35.5. The fourth-order valence-corrected chi connectivity index (χ4v) is 3.18. The minimum absolute atomic E-state index is 0.0587. The van der Waals surface area contributed by atoms with E-state index in [4.69, 9.17) is 16.6 Å². The number of nitrogens with one attached hydrogen (secondary N) is 1. The third-order valence-corrected chi connectivity index (χ3v) is 4.93. The van der Waals surface area contributed by atoms with Crippen LogP contribution in [0.3, 0.4) is 0 Å². The summed E-state index contributed by atoms with van der Waals surface area (Å²) < 4.78 is 0. The maximum Gasteiger partial charge on any atom is 0.217 e.